The van der Waals surface area contributed by atoms with Gasteiger partial charge in [0.05, 0.1) is 17.0 Å². The lowest BCUT2D eigenvalue weighted by Gasteiger charge is -2.13. The Morgan fingerprint density at radius 2 is 1.75 bits per heavy atom. The zero-order valence-corrected chi connectivity index (χ0v) is 13.7. The second-order valence-electron chi connectivity index (χ2n) is 5.14. The standard InChI is InChI=1S/C17H16BrClO/c1-20-16-8-7-14(10-15(16)18)17(19)13-6-5-11-3-2-4-12(11)9-13/h5-10,17H,2-4H2,1H3. The Morgan fingerprint density at radius 1 is 1.05 bits per heavy atom. The summed E-state index contributed by atoms with van der Waals surface area (Å²) in [6.45, 7) is 0. The molecule has 0 aromatic heterocycles. The van der Waals surface area contributed by atoms with Crippen LogP contribution >= 0.6 is 27.5 Å². The van der Waals surface area contributed by atoms with Gasteiger partial charge in [0.2, 0.25) is 0 Å². The van der Waals surface area contributed by atoms with Gasteiger partial charge in [-0.05, 0) is 69.6 Å². The van der Waals surface area contributed by atoms with Gasteiger partial charge in [-0.3, -0.25) is 0 Å². The van der Waals surface area contributed by atoms with Gasteiger partial charge in [0.25, 0.3) is 0 Å². The molecule has 0 aliphatic heterocycles. The molecule has 0 bridgehead atoms. The fourth-order valence-electron chi connectivity index (χ4n) is 2.78. The molecule has 0 saturated heterocycles. The summed E-state index contributed by atoms with van der Waals surface area (Å²) in [4.78, 5) is 0. The molecule has 1 aliphatic rings. The van der Waals surface area contributed by atoms with Crippen molar-refractivity contribution >= 4 is 27.5 Å². The van der Waals surface area contributed by atoms with E-state index in [9.17, 15) is 0 Å². The number of rotatable bonds is 3. The highest BCUT2D eigenvalue weighted by Gasteiger charge is 2.16. The summed E-state index contributed by atoms with van der Waals surface area (Å²) in [5.41, 5.74) is 5.19. The van der Waals surface area contributed by atoms with Crippen LogP contribution < -0.4 is 4.74 Å². The van der Waals surface area contributed by atoms with Crippen molar-refractivity contribution in [1.82, 2.24) is 0 Å². The molecule has 0 spiro atoms. The van der Waals surface area contributed by atoms with E-state index in [1.54, 1.807) is 7.11 Å². The number of halogens is 2. The molecule has 20 heavy (non-hydrogen) atoms. The third-order valence-electron chi connectivity index (χ3n) is 3.88. The predicted octanol–water partition coefficient (Wildman–Crippen LogP) is 5.27. The molecule has 3 rings (SSSR count). The van der Waals surface area contributed by atoms with Crippen molar-refractivity contribution in [3.63, 3.8) is 0 Å². The molecule has 3 heteroatoms. The molecular formula is C17H16BrClO. The van der Waals surface area contributed by atoms with Crippen LogP contribution in [0.15, 0.2) is 40.9 Å². The number of benzene rings is 2. The SMILES string of the molecule is COc1ccc(C(Cl)c2ccc3c(c2)CCC3)cc1Br. The van der Waals surface area contributed by atoms with Gasteiger partial charge in [-0.2, -0.15) is 0 Å². The van der Waals surface area contributed by atoms with Gasteiger partial charge >= 0.3 is 0 Å². The van der Waals surface area contributed by atoms with Crippen molar-refractivity contribution < 1.29 is 4.74 Å². The molecular weight excluding hydrogens is 336 g/mol. The van der Waals surface area contributed by atoms with Crippen molar-refractivity contribution in [2.75, 3.05) is 7.11 Å². The first-order valence-corrected chi connectivity index (χ1v) is 8.01. The molecule has 0 heterocycles. The van der Waals surface area contributed by atoms with Crippen LogP contribution in [-0.4, -0.2) is 7.11 Å². The number of methoxy groups -OCH3 is 1. The third kappa shape index (κ3) is 2.59. The monoisotopic (exact) mass is 350 g/mol. The van der Waals surface area contributed by atoms with Crippen LogP contribution in [0.25, 0.3) is 0 Å². The van der Waals surface area contributed by atoms with E-state index >= 15 is 0 Å². The predicted molar refractivity (Wildman–Crippen MR) is 86.9 cm³/mol. The molecule has 1 aliphatic carbocycles. The Labute approximate surface area is 133 Å². The summed E-state index contributed by atoms with van der Waals surface area (Å²) in [7, 11) is 1.67. The average molecular weight is 352 g/mol. The van der Waals surface area contributed by atoms with Crippen LogP contribution in [0.1, 0.15) is 34.1 Å². The zero-order valence-electron chi connectivity index (χ0n) is 11.3. The number of ether oxygens (including phenoxy) is 1. The summed E-state index contributed by atoms with van der Waals surface area (Å²) in [5.74, 6) is 0.826. The maximum absolute atomic E-state index is 6.64. The molecule has 0 fully saturated rings. The second kappa shape index (κ2) is 5.79. The first kappa shape index (κ1) is 14.0. The van der Waals surface area contributed by atoms with Crippen LogP contribution in [0.4, 0.5) is 0 Å². The zero-order chi connectivity index (χ0) is 14.1. The Kier molecular flexibility index (Phi) is 4.04. The van der Waals surface area contributed by atoms with Crippen LogP contribution in [-0.2, 0) is 12.8 Å². The molecule has 1 unspecified atom stereocenters. The fourth-order valence-corrected chi connectivity index (χ4v) is 3.61. The number of hydrogen-bond acceptors (Lipinski definition) is 1. The van der Waals surface area contributed by atoms with Crippen molar-refractivity contribution in [3.05, 3.63) is 63.1 Å². The van der Waals surface area contributed by atoms with Gasteiger partial charge in [0.15, 0.2) is 0 Å². The first-order valence-electron chi connectivity index (χ1n) is 6.78. The van der Waals surface area contributed by atoms with E-state index in [1.165, 1.54) is 36.0 Å². The Balaban J connectivity index is 1.92. The van der Waals surface area contributed by atoms with Crippen molar-refractivity contribution in [1.29, 1.82) is 0 Å². The number of fused-ring (bicyclic) bond motifs is 1. The van der Waals surface area contributed by atoms with E-state index in [0.29, 0.717) is 0 Å². The second-order valence-corrected chi connectivity index (χ2v) is 6.43. The van der Waals surface area contributed by atoms with Crippen LogP contribution in [0.3, 0.4) is 0 Å². The normalized spacial score (nSPS) is 14.9. The molecule has 104 valence electrons. The van der Waals surface area contributed by atoms with Gasteiger partial charge in [-0.1, -0.05) is 24.3 Å². The summed E-state index contributed by atoms with van der Waals surface area (Å²) >= 11 is 10.2. The van der Waals surface area contributed by atoms with Gasteiger partial charge in [0, 0.05) is 0 Å². The average Bonchev–Trinajstić information content (AvgIpc) is 2.93. The molecule has 0 radical (unpaired) electrons. The maximum Gasteiger partial charge on any atom is 0.133 e. The lowest BCUT2D eigenvalue weighted by Crippen LogP contribution is -1.96. The Hall–Kier alpha value is -0.990. The highest BCUT2D eigenvalue weighted by molar-refractivity contribution is 9.10. The van der Waals surface area contributed by atoms with E-state index in [2.05, 4.69) is 34.1 Å². The van der Waals surface area contributed by atoms with E-state index in [1.807, 2.05) is 18.2 Å². The highest BCUT2D eigenvalue weighted by atomic mass is 79.9. The molecule has 0 saturated carbocycles. The highest BCUT2D eigenvalue weighted by Crippen LogP contribution is 2.35. The van der Waals surface area contributed by atoms with Gasteiger partial charge in [-0.25, -0.2) is 0 Å². The minimum Gasteiger partial charge on any atom is -0.496 e. The quantitative estimate of drug-likeness (QED) is 0.684. The third-order valence-corrected chi connectivity index (χ3v) is 5.01. The number of hydrogen-bond donors (Lipinski definition) is 0. The first-order chi connectivity index (χ1) is 9.69. The van der Waals surface area contributed by atoms with Crippen molar-refractivity contribution in [2.45, 2.75) is 24.6 Å². The smallest absolute Gasteiger partial charge is 0.133 e. The molecule has 0 amide bonds. The summed E-state index contributed by atoms with van der Waals surface area (Å²) in [6.07, 6.45) is 3.65. The van der Waals surface area contributed by atoms with Crippen LogP contribution in [0.5, 0.6) is 5.75 Å². The maximum atomic E-state index is 6.64. The van der Waals surface area contributed by atoms with Crippen LogP contribution in [0.2, 0.25) is 0 Å². The lowest BCUT2D eigenvalue weighted by atomic mass is 10.00. The lowest BCUT2D eigenvalue weighted by molar-refractivity contribution is 0.412. The van der Waals surface area contributed by atoms with Gasteiger partial charge in [-0.15, -0.1) is 11.6 Å². The molecule has 1 atom stereocenters. The van der Waals surface area contributed by atoms with E-state index in [-0.39, 0.29) is 5.38 Å². The van der Waals surface area contributed by atoms with Crippen molar-refractivity contribution in [2.24, 2.45) is 0 Å². The van der Waals surface area contributed by atoms with E-state index in [0.717, 1.165) is 15.8 Å². The molecule has 2 aromatic carbocycles. The summed E-state index contributed by atoms with van der Waals surface area (Å²) < 4.78 is 6.19. The summed E-state index contributed by atoms with van der Waals surface area (Å²) in [6, 6.07) is 12.6. The molecule has 0 N–H and O–H groups in total. The topological polar surface area (TPSA) is 9.23 Å². The molecule has 1 nitrogen and oxygen atoms in total. The van der Waals surface area contributed by atoms with E-state index in [4.69, 9.17) is 16.3 Å². The minimum absolute atomic E-state index is 0.122. The number of alkyl halides is 1. The molecule has 2 aromatic rings. The van der Waals surface area contributed by atoms with Gasteiger partial charge in [0.1, 0.15) is 5.75 Å². The summed E-state index contributed by atoms with van der Waals surface area (Å²) in [5, 5.41) is -0.122. The van der Waals surface area contributed by atoms with E-state index < -0.39 is 0 Å². The minimum atomic E-state index is -0.122. The van der Waals surface area contributed by atoms with Crippen molar-refractivity contribution in [3.8, 4) is 5.75 Å². The Morgan fingerprint density at radius 3 is 2.50 bits per heavy atom. The largest absolute Gasteiger partial charge is 0.496 e. The van der Waals surface area contributed by atoms with Crippen LogP contribution in [0, 0.1) is 0 Å². The number of aryl methyl sites for hydroxylation is 2. The van der Waals surface area contributed by atoms with Gasteiger partial charge < -0.3 is 4.74 Å². The fraction of sp³-hybridized carbons (Fsp3) is 0.294. The Bertz CT molecular complexity index is 639.